The lowest BCUT2D eigenvalue weighted by atomic mass is 10.1. The summed E-state index contributed by atoms with van der Waals surface area (Å²) in [5, 5.41) is 20.8. The molecule has 0 unspecified atom stereocenters. The molecule has 0 saturated heterocycles. The number of aromatic hydroxyl groups is 1. The van der Waals surface area contributed by atoms with Gasteiger partial charge in [-0.3, -0.25) is 4.79 Å². The van der Waals surface area contributed by atoms with E-state index in [1.54, 1.807) is 18.2 Å². The number of amides is 2. The van der Waals surface area contributed by atoms with E-state index >= 15 is 0 Å². The zero-order valence-electron chi connectivity index (χ0n) is 17.8. The van der Waals surface area contributed by atoms with Crippen molar-refractivity contribution in [3.05, 3.63) is 65.9 Å². The van der Waals surface area contributed by atoms with E-state index < -0.39 is 0 Å². The van der Waals surface area contributed by atoms with Gasteiger partial charge in [0.25, 0.3) is 0 Å². The second-order valence-electron chi connectivity index (χ2n) is 8.60. The molecule has 3 aromatic rings. The second-order valence-corrected chi connectivity index (χ2v) is 8.60. The Balaban J connectivity index is 1.34. The van der Waals surface area contributed by atoms with Crippen LogP contribution in [0.5, 0.6) is 5.75 Å². The highest BCUT2D eigenvalue weighted by atomic mass is 16.3. The van der Waals surface area contributed by atoms with Gasteiger partial charge in [0.2, 0.25) is 5.91 Å². The average Bonchev–Trinajstić information content (AvgIpc) is 3.73. The SMILES string of the molecule is O=C(Nc1ccc(O)c(-c2cc(C3CC3)n(C(=O)NCCc3ccccc3)n2)c1)C1CC1. The number of anilines is 1. The molecule has 7 nitrogen and oxygen atoms in total. The maximum Gasteiger partial charge on any atom is 0.342 e. The van der Waals surface area contributed by atoms with Crippen LogP contribution in [0.2, 0.25) is 0 Å². The Morgan fingerprint density at radius 3 is 2.53 bits per heavy atom. The van der Waals surface area contributed by atoms with E-state index in [2.05, 4.69) is 15.7 Å². The van der Waals surface area contributed by atoms with Gasteiger partial charge in [0.1, 0.15) is 5.75 Å². The minimum Gasteiger partial charge on any atom is -0.507 e. The largest absolute Gasteiger partial charge is 0.507 e. The monoisotopic (exact) mass is 430 g/mol. The molecule has 5 rings (SSSR count). The molecule has 2 aromatic carbocycles. The minimum absolute atomic E-state index is 0.00336. The highest BCUT2D eigenvalue weighted by Gasteiger charge is 2.31. The summed E-state index contributed by atoms with van der Waals surface area (Å²) in [5.74, 6) is 0.457. The minimum atomic E-state index is -0.272. The molecule has 1 heterocycles. The number of hydrogen-bond donors (Lipinski definition) is 3. The molecule has 0 bridgehead atoms. The third-order valence-corrected chi connectivity index (χ3v) is 5.95. The summed E-state index contributed by atoms with van der Waals surface area (Å²) in [6.45, 7) is 0.510. The first-order chi connectivity index (χ1) is 15.6. The van der Waals surface area contributed by atoms with Crippen LogP contribution in [0.1, 0.15) is 42.9 Å². The van der Waals surface area contributed by atoms with Crippen molar-refractivity contribution in [2.75, 3.05) is 11.9 Å². The Bertz CT molecular complexity index is 1150. The van der Waals surface area contributed by atoms with Gasteiger partial charge >= 0.3 is 6.03 Å². The highest BCUT2D eigenvalue weighted by Crippen LogP contribution is 2.42. The number of benzene rings is 2. The summed E-state index contributed by atoms with van der Waals surface area (Å²) in [7, 11) is 0. The Labute approximate surface area is 186 Å². The number of carbonyl (C=O) groups is 2. The smallest absolute Gasteiger partial charge is 0.342 e. The first-order valence-electron chi connectivity index (χ1n) is 11.1. The molecule has 0 aliphatic heterocycles. The summed E-state index contributed by atoms with van der Waals surface area (Å²) in [6, 6.07) is 16.5. The zero-order valence-corrected chi connectivity index (χ0v) is 17.8. The quantitative estimate of drug-likeness (QED) is 0.488. The zero-order chi connectivity index (χ0) is 22.1. The fraction of sp³-hybridized carbons (Fsp3) is 0.320. The molecule has 3 N–H and O–H groups in total. The van der Waals surface area contributed by atoms with Crippen molar-refractivity contribution < 1.29 is 14.7 Å². The van der Waals surface area contributed by atoms with Crippen LogP contribution in [0.25, 0.3) is 11.3 Å². The first kappa shape index (κ1) is 20.3. The predicted molar refractivity (Wildman–Crippen MR) is 122 cm³/mol. The van der Waals surface area contributed by atoms with Crippen LogP contribution < -0.4 is 10.6 Å². The number of rotatable bonds is 7. The number of carbonyl (C=O) groups excluding carboxylic acids is 2. The molecule has 1 aromatic heterocycles. The van der Waals surface area contributed by atoms with Crippen LogP contribution in [0.4, 0.5) is 10.5 Å². The van der Waals surface area contributed by atoms with Crippen molar-refractivity contribution in [1.29, 1.82) is 0 Å². The second kappa shape index (κ2) is 8.49. The summed E-state index contributed by atoms with van der Waals surface area (Å²) in [4.78, 5) is 25.0. The van der Waals surface area contributed by atoms with Gasteiger partial charge in [0, 0.05) is 29.6 Å². The van der Waals surface area contributed by atoms with Crippen LogP contribution in [-0.4, -0.2) is 33.4 Å². The van der Waals surface area contributed by atoms with E-state index in [9.17, 15) is 14.7 Å². The molecule has 2 fully saturated rings. The van der Waals surface area contributed by atoms with Gasteiger partial charge in [-0.1, -0.05) is 30.3 Å². The van der Waals surface area contributed by atoms with Crippen LogP contribution >= 0.6 is 0 Å². The Kier molecular flexibility index (Phi) is 5.39. The van der Waals surface area contributed by atoms with Crippen LogP contribution in [0.15, 0.2) is 54.6 Å². The lowest BCUT2D eigenvalue weighted by Crippen LogP contribution is -2.32. The van der Waals surface area contributed by atoms with E-state index in [-0.39, 0.29) is 23.6 Å². The molecule has 164 valence electrons. The standard InChI is InChI=1S/C25H26N4O3/c30-23-11-10-19(27-24(31)18-8-9-18)14-20(23)21-15-22(17-6-7-17)29(28-21)25(32)26-13-12-16-4-2-1-3-5-16/h1-5,10-11,14-15,17-18,30H,6-9,12-13H2,(H,26,32)(H,27,31). The average molecular weight is 431 g/mol. The summed E-state index contributed by atoms with van der Waals surface area (Å²) < 4.78 is 1.42. The van der Waals surface area contributed by atoms with E-state index in [0.717, 1.165) is 43.4 Å². The number of hydrogen-bond acceptors (Lipinski definition) is 4. The molecule has 2 aliphatic rings. The van der Waals surface area contributed by atoms with Crippen molar-refractivity contribution in [3.63, 3.8) is 0 Å². The molecule has 32 heavy (non-hydrogen) atoms. The molecule has 7 heteroatoms. The Morgan fingerprint density at radius 2 is 1.81 bits per heavy atom. The van der Waals surface area contributed by atoms with Crippen molar-refractivity contribution in [1.82, 2.24) is 15.1 Å². The third-order valence-electron chi connectivity index (χ3n) is 5.95. The predicted octanol–water partition coefficient (Wildman–Crippen LogP) is 4.28. The molecular weight excluding hydrogens is 404 g/mol. The van der Waals surface area contributed by atoms with E-state index in [4.69, 9.17) is 0 Å². The lowest BCUT2D eigenvalue weighted by molar-refractivity contribution is -0.117. The Hall–Kier alpha value is -3.61. The van der Waals surface area contributed by atoms with Gasteiger partial charge in [-0.05, 0) is 61.9 Å². The fourth-order valence-electron chi connectivity index (χ4n) is 3.80. The number of phenolic OH excluding ortho intramolecular Hbond substituents is 1. The highest BCUT2D eigenvalue weighted by molar-refractivity contribution is 5.95. The molecule has 0 radical (unpaired) electrons. The van der Waals surface area contributed by atoms with Gasteiger partial charge < -0.3 is 15.7 Å². The van der Waals surface area contributed by atoms with Gasteiger partial charge in [-0.2, -0.15) is 9.78 Å². The number of phenols is 1. The Morgan fingerprint density at radius 1 is 1.03 bits per heavy atom. The van der Waals surface area contributed by atoms with Crippen LogP contribution in [0.3, 0.4) is 0 Å². The topological polar surface area (TPSA) is 96.2 Å². The van der Waals surface area contributed by atoms with Crippen molar-refractivity contribution in [3.8, 4) is 17.0 Å². The number of aromatic nitrogens is 2. The molecule has 2 aliphatic carbocycles. The van der Waals surface area contributed by atoms with Crippen molar-refractivity contribution in [2.24, 2.45) is 5.92 Å². The van der Waals surface area contributed by atoms with Gasteiger partial charge in [0.15, 0.2) is 0 Å². The summed E-state index contributed by atoms with van der Waals surface area (Å²) in [6.07, 6.45) is 4.62. The molecule has 2 saturated carbocycles. The van der Waals surface area contributed by atoms with Crippen LogP contribution in [-0.2, 0) is 11.2 Å². The third kappa shape index (κ3) is 4.51. The summed E-state index contributed by atoms with van der Waals surface area (Å²) >= 11 is 0. The normalized spacial score (nSPS) is 15.4. The molecule has 0 atom stereocenters. The van der Waals surface area contributed by atoms with E-state index in [0.29, 0.717) is 29.4 Å². The summed E-state index contributed by atoms with van der Waals surface area (Å²) in [5.41, 5.74) is 3.64. The molecule has 0 spiro atoms. The molecular formula is C25H26N4O3. The van der Waals surface area contributed by atoms with Crippen molar-refractivity contribution >= 4 is 17.6 Å². The van der Waals surface area contributed by atoms with E-state index in [1.807, 2.05) is 36.4 Å². The molecule has 2 amide bonds. The van der Waals surface area contributed by atoms with Crippen LogP contribution in [0, 0.1) is 5.92 Å². The maximum absolute atomic E-state index is 12.9. The van der Waals surface area contributed by atoms with Gasteiger partial charge in [-0.25, -0.2) is 4.79 Å². The lowest BCUT2D eigenvalue weighted by Gasteiger charge is -2.08. The fourth-order valence-corrected chi connectivity index (χ4v) is 3.80. The van der Waals surface area contributed by atoms with E-state index in [1.165, 1.54) is 4.68 Å². The van der Waals surface area contributed by atoms with Crippen molar-refractivity contribution in [2.45, 2.75) is 38.0 Å². The first-order valence-corrected chi connectivity index (χ1v) is 11.1. The van der Waals surface area contributed by atoms with Gasteiger partial charge in [-0.15, -0.1) is 0 Å². The number of nitrogens with zero attached hydrogens (tertiary/aromatic N) is 2. The van der Waals surface area contributed by atoms with Gasteiger partial charge in [0.05, 0.1) is 11.4 Å². The number of nitrogens with one attached hydrogen (secondary N) is 2. The maximum atomic E-state index is 12.9.